The summed E-state index contributed by atoms with van der Waals surface area (Å²) in [6, 6.07) is 2.26. The molecule has 2 heterocycles. The average molecular weight is 262 g/mol. The largest absolute Gasteiger partial charge is 0.324 e. The van der Waals surface area contributed by atoms with E-state index in [0.29, 0.717) is 6.04 Å². The Bertz CT molecular complexity index is 389. The van der Waals surface area contributed by atoms with Crippen molar-refractivity contribution in [2.75, 3.05) is 5.32 Å². The van der Waals surface area contributed by atoms with E-state index in [-0.39, 0.29) is 0 Å². The van der Waals surface area contributed by atoms with Gasteiger partial charge in [-0.25, -0.2) is 4.99 Å². The van der Waals surface area contributed by atoms with Gasteiger partial charge in [0, 0.05) is 11.9 Å². The molecular formula is C9H12ClN3S2. The maximum Gasteiger partial charge on any atom is 0.206 e. The summed E-state index contributed by atoms with van der Waals surface area (Å²) >= 11 is 9.06. The number of halogens is 1. The van der Waals surface area contributed by atoms with Crippen LogP contribution in [0, 0.1) is 0 Å². The lowest BCUT2D eigenvalue weighted by atomic mass is 10.3. The van der Waals surface area contributed by atoms with E-state index in [2.05, 4.69) is 28.9 Å². The van der Waals surface area contributed by atoms with Crippen LogP contribution in [0.2, 0.25) is 4.34 Å². The SMILES string of the molecule is CC[C@H](C)N=C1NSc2sc(Cl)cc2N1. The first-order valence-corrected chi connectivity index (χ1v) is 6.77. The molecule has 0 saturated carbocycles. The van der Waals surface area contributed by atoms with Gasteiger partial charge < -0.3 is 5.32 Å². The minimum absolute atomic E-state index is 0.330. The zero-order valence-corrected chi connectivity index (χ0v) is 10.9. The summed E-state index contributed by atoms with van der Waals surface area (Å²) in [5.41, 5.74) is 1.05. The maximum atomic E-state index is 5.93. The van der Waals surface area contributed by atoms with Crippen LogP contribution < -0.4 is 10.0 Å². The Hall–Kier alpha value is -0.390. The number of hydrogen-bond donors (Lipinski definition) is 2. The van der Waals surface area contributed by atoms with Crippen molar-refractivity contribution in [2.45, 2.75) is 30.5 Å². The van der Waals surface area contributed by atoms with Crippen molar-refractivity contribution < 1.29 is 0 Å². The number of hydrogen-bond acceptors (Lipinski definition) is 3. The second-order valence-electron chi connectivity index (χ2n) is 3.32. The summed E-state index contributed by atoms with van der Waals surface area (Å²) in [6.45, 7) is 4.22. The minimum atomic E-state index is 0.330. The number of nitrogens with zero attached hydrogens (tertiary/aromatic N) is 1. The monoisotopic (exact) mass is 261 g/mol. The number of rotatable bonds is 2. The van der Waals surface area contributed by atoms with Crippen molar-refractivity contribution in [3.8, 4) is 0 Å². The van der Waals surface area contributed by atoms with Crippen LogP contribution in [-0.4, -0.2) is 12.0 Å². The van der Waals surface area contributed by atoms with Crippen molar-refractivity contribution in [3.63, 3.8) is 0 Å². The number of fused-ring (bicyclic) bond motifs is 1. The van der Waals surface area contributed by atoms with Gasteiger partial charge in [-0.15, -0.1) is 11.3 Å². The lowest BCUT2D eigenvalue weighted by Crippen LogP contribution is -2.29. The molecule has 6 heteroatoms. The van der Waals surface area contributed by atoms with Gasteiger partial charge in [0.25, 0.3) is 0 Å². The molecule has 82 valence electrons. The lowest BCUT2D eigenvalue weighted by Gasteiger charge is -2.18. The molecule has 0 fully saturated rings. The predicted octanol–water partition coefficient (Wildman–Crippen LogP) is 3.58. The highest BCUT2D eigenvalue weighted by atomic mass is 35.5. The Labute approximate surface area is 102 Å². The molecule has 1 aromatic rings. The van der Waals surface area contributed by atoms with E-state index in [1.54, 1.807) is 23.3 Å². The summed E-state index contributed by atoms with van der Waals surface area (Å²) in [5.74, 6) is 0.816. The van der Waals surface area contributed by atoms with Gasteiger partial charge in [0.15, 0.2) is 0 Å². The van der Waals surface area contributed by atoms with Gasteiger partial charge in [-0.2, -0.15) is 0 Å². The molecule has 0 radical (unpaired) electrons. The molecule has 0 amide bonds. The van der Waals surface area contributed by atoms with Crippen molar-refractivity contribution in [3.05, 3.63) is 10.4 Å². The second kappa shape index (κ2) is 4.63. The van der Waals surface area contributed by atoms with E-state index < -0.39 is 0 Å². The summed E-state index contributed by atoms with van der Waals surface area (Å²) < 4.78 is 5.11. The van der Waals surface area contributed by atoms with E-state index in [9.17, 15) is 0 Å². The molecule has 3 nitrogen and oxygen atoms in total. The topological polar surface area (TPSA) is 36.4 Å². The van der Waals surface area contributed by atoms with Crippen LogP contribution in [-0.2, 0) is 0 Å². The third kappa shape index (κ3) is 2.59. The van der Waals surface area contributed by atoms with E-state index in [0.717, 1.165) is 26.6 Å². The smallest absolute Gasteiger partial charge is 0.206 e. The maximum absolute atomic E-state index is 5.93. The fraction of sp³-hybridized carbons (Fsp3) is 0.444. The van der Waals surface area contributed by atoms with Gasteiger partial charge in [-0.3, -0.25) is 4.72 Å². The van der Waals surface area contributed by atoms with E-state index in [4.69, 9.17) is 11.6 Å². The van der Waals surface area contributed by atoms with Crippen molar-refractivity contribution >= 4 is 46.5 Å². The van der Waals surface area contributed by atoms with E-state index in [1.807, 2.05) is 6.07 Å². The van der Waals surface area contributed by atoms with Crippen LogP contribution in [0.3, 0.4) is 0 Å². The summed E-state index contributed by atoms with van der Waals surface area (Å²) in [6.07, 6.45) is 1.04. The summed E-state index contributed by atoms with van der Waals surface area (Å²) in [4.78, 5) is 4.50. The Morgan fingerprint density at radius 3 is 3.13 bits per heavy atom. The average Bonchev–Trinajstić information content (AvgIpc) is 2.57. The number of nitrogens with one attached hydrogen (secondary N) is 2. The predicted molar refractivity (Wildman–Crippen MR) is 69.1 cm³/mol. The fourth-order valence-corrected chi connectivity index (χ4v) is 3.25. The molecule has 0 saturated heterocycles. The number of guanidine groups is 1. The quantitative estimate of drug-likeness (QED) is 0.799. The Kier molecular flexibility index (Phi) is 3.43. The number of thiophene rings is 1. The minimum Gasteiger partial charge on any atom is -0.324 e. The highest BCUT2D eigenvalue weighted by molar-refractivity contribution is 8.00. The third-order valence-corrected chi connectivity index (χ3v) is 4.36. The highest BCUT2D eigenvalue weighted by Gasteiger charge is 2.17. The Morgan fingerprint density at radius 2 is 2.40 bits per heavy atom. The first-order valence-electron chi connectivity index (χ1n) is 4.76. The van der Waals surface area contributed by atoms with Crippen LogP contribution in [0.25, 0.3) is 0 Å². The molecule has 0 aromatic carbocycles. The number of anilines is 1. The van der Waals surface area contributed by atoms with Crippen LogP contribution in [0.1, 0.15) is 20.3 Å². The third-order valence-electron chi connectivity index (χ3n) is 2.10. The van der Waals surface area contributed by atoms with Crippen LogP contribution >= 0.6 is 34.9 Å². The first kappa shape index (κ1) is 11.1. The summed E-state index contributed by atoms with van der Waals surface area (Å²) in [5, 5.41) is 3.23. The molecule has 0 spiro atoms. The lowest BCUT2D eigenvalue weighted by molar-refractivity contribution is 0.714. The summed E-state index contributed by atoms with van der Waals surface area (Å²) in [7, 11) is 0. The Morgan fingerprint density at radius 1 is 1.60 bits per heavy atom. The molecule has 2 N–H and O–H groups in total. The molecule has 2 rings (SSSR count). The van der Waals surface area contributed by atoms with Crippen LogP contribution in [0.5, 0.6) is 0 Å². The highest BCUT2D eigenvalue weighted by Crippen LogP contribution is 2.39. The molecule has 0 bridgehead atoms. The first-order chi connectivity index (χ1) is 7.19. The number of aliphatic imine (C=N–C) groups is 1. The molecule has 0 unspecified atom stereocenters. The van der Waals surface area contributed by atoms with Crippen LogP contribution in [0.4, 0.5) is 5.69 Å². The van der Waals surface area contributed by atoms with Crippen molar-refractivity contribution in [1.82, 2.24) is 4.72 Å². The van der Waals surface area contributed by atoms with Crippen LogP contribution in [0.15, 0.2) is 15.3 Å². The van der Waals surface area contributed by atoms with Gasteiger partial charge in [-0.1, -0.05) is 18.5 Å². The van der Waals surface area contributed by atoms with Gasteiger partial charge >= 0.3 is 0 Å². The molecule has 1 aliphatic rings. The van der Waals surface area contributed by atoms with Crippen molar-refractivity contribution in [2.24, 2.45) is 4.99 Å². The van der Waals surface area contributed by atoms with E-state index >= 15 is 0 Å². The second-order valence-corrected chi connectivity index (χ2v) is 6.07. The zero-order valence-electron chi connectivity index (χ0n) is 8.50. The standard InChI is InChI=1S/C9H12ClN3S2/c1-3-5(2)11-9-12-6-4-7(10)14-8(6)15-13-9/h4-5H,3H2,1-2H3,(H2,11,12,13)/t5-/m0/s1. The fourth-order valence-electron chi connectivity index (χ4n) is 1.13. The molecule has 1 aromatic heterocycles. The molecule has 1 aliphatic heterocycles. The molecule has 0 aliphatic carbocycles. The van der Waals surface area contributed by atoms with Gasteiger partial charge in [0.2, 0.25) is 5.96 Å². The van der Waals surface area contributed by atoms with E-state index in [1.165, 1.54) is 0 Å². The zero-order chi connectivity index (χ0) is 10.8. The normalized spacial score (nSPS) is 19.3. The van der Waals surface area contributed by atoms with Gasteiger partial charge in [0.05, 0.1) is 16.1 Å². The van der Waals surface area contributed by atoms with Gasteiger partial charge in [-0.05, 0) is 19.4 Å². The Balaban J connectivity index is 2.14. The van der Waals surface area contributed by atoms with Gasteiger partial charge in [0.1, 0.15) is 4.21 Å². The van der Waals surface area contributed by atoms with Crippen molar-refractivity contribution in [1.29, 1.82) is 0 Å². The molecule has 1 atom stereocenters. The molecule has 15 heavy (non-hydrogen) atoms. The molecular weight excluding hydrogens is 250 g/mol.